The molecule has 0 unspecified atom stereocenters. The van der Waals surface area contributed by atoms with E-state index in [0.29, 0.717) is 12.0 Å². The van der Waals surface area contributed by atoms with Crippen LogP contribution in [-0.2, 0) is 11.2 Å². The molecule has 0 N–H and O–H groups in total. The van der Waals surface area contributed by atoms with Crippen molar-refractivity contribution in [3.05, 3.63) is 35.4 Å². The predicted octanol–water partition coefficient (Wildman–Crippen LogP) is 2.88. The van der Waals surface area contributed by atoms with Gasteiger partial charge in [-0.15, -0.1) is 0 Å². The number of carbonyl (C=O) groups excluding carboxylic acids is 1. The summed E-state index contributed by atoms with van der Waals surface area (Å²) >= 11 is 0. The van der Waals surface area contributed by atoms with Gasteiger partial charge in [0.05, 0.1) is 0 Å². The highest BCUT2D eigenvalue weighted by Crippen LogP contribution is 2.49. The van der Waals surface area contributed by atoms with Crippen LogP contribution in [0.2, 0.25) is 0 Å². The lowest BCUT2D eigenvalue weighted by molar-refractivity contribution is -0.121. The van der Waals surface area contributed by atoms with Crippen LogP contribution < -0.4 is 0 Å². The van der Waals surface area contributed by atoms with E-state index < -0.39 is 11.6 Å². The summed E-state index contributed by atoms with van der Waals surface area (Å²) in [5, 5.41) is 0. The molecule has 0 amide bonds. The highest BCUT2D eigenvalue weighted by molar-refractivity contribution is 5.85. The van der Waals surface area contributed by atoms with E-state index in [2.05, 4.69) is 0 Å². The van der Waals surface area contributed by atoms with Crippen LogP contribution in [0, 0.1) is 17.0 Å². The van der Waals surface area contributed by atoms with Crippen LogP contribution in [0.4, 0.5) is 8.78 Å². The van der Waals surface area contributed by atoms with Gasteiger partial charge in [0.2, 0.25) is 0 Å². The van der Waals surface area contributed by atoms with Gasteiger partial charge in [0.15, 0.2) is 0 Å². The predicted molar refractivity (Wildman–Crippen MR) is 52.4 cm³/mol. The van der Waals surface area contributed by atoms with E-state index in [0.717, 1.165) is 18.9 Å². The molecular formula is C12H12F2O. The van der Waals surface area contributed by atoms with Crippen molar-refractivity contribution in [2.75, 3.05) is 0 Å². The molecule has 0 atom stereocenters. The molecular weight excluding hydrogens is 198 g/mol. The van der Waals surface area contributed by atoms with Gasteiger partial charge in [-0.1, -0.05) is 0 Å². The number of rotatable bonds is 3. The quantitative estimate of drug-likeness (QED) is 0.749. The first-order chi connectivity index (χ1) is 7.02. The van der Waals surface area contributed by atoms with Gasteiger partial charge in [-0.2, -0.15) is 0 Å². The summed E-state index contributed by atoms with van der Waals surface area (Å²) in [6, 6.07) is 3.44. The van der Waals surface area contributed by atoms with Crippen molar-refractivity contribution in [2.45, 2.75) is 26.2 Å². The third-order valence-electron chi connectivity index (χ3n) is 3.07. The Kier molecular flexibility index (Phi) is 2.33. The fourth-order valence-corrected chi connectivity index (χ4v) is 1.91. The summed E-state index contributed by atoms with van der Waals surface area (Å²) < 4.78 is 25.8. The third kappa shape index (κ3) is 2.06. The minimum absolute atomic E-state index is 0.118. The van der Waals surface area contributed by atoms with Crippen LogP contribution in [-0.4, -0.2) is 5.78 Å². The maximum Gasteiger partial charge on any atom is 0.136 e. The molecule has 0 aromatic heterocycles. The highest BCUT2D eigenvalue weighted by Gasteiger charge is 2.46. The van der Waals surface area contributed by atoms with Crippen LogP contribution in [0.25, 0.3) is 0 Å². The number of carbonyl (C=O) groups is 1. The lowest BCUT2D eigenvalue weighted by atomic mass is 9.93. The van der Waals surface area contributed by atoms with Gasteiger partial charge in [0.1, 0.15) is 17.4 Å². The summed E-state index contributed by atoms with van der Waals surface area (Å²) in [7, 11) is 0. The van der Waals surface area contributed by atoms with Crippen molar-refractivity contribution in [1.29, 1.82) is 0 Å². The maximum absolute atomic E-state index is 12.9. The summed E-state index contributed by atoms with van der Waals surface area (Å²) in [6.45, 7) is 1.54. The fourth-order valence-electron chi connectivity index (χ4n) is 1.91. The molecule has 0 aliphatic heterocycles. The summed E-state index contributed by atoms with van der Waals surface area (Å²) in [5.74, 6) is -1.04. The average molecular weight is 210 g/mol. The second kappa shape index (κ2) is 3.40. The molecule has 1 aliphatic carbocycles. The number of halogens is 2. The minimum Gasteiger partial charge on any atom is -0.299 e. The van der Waals surface area contributed by atoms with E-state index in [4.69, 9.17) is 0 Å². The SMILES string of the molecule is CC(=O)C1(Cc2cc(F)cc(F)c2)CC1. The number of Topliss-reactive ketones (excluding diaryl/α,β-unsaturated/α-hetero) is 1. The zero-order valence-electron chi connectivity index (χ0n) is 8.52. The average Bonchev–Trinajstić information content (AvgIpc) is 2.83. The smallest absolute Gasteiger partial charge is 0.136 e. The largest absolute Gasteiger partial charge is 0.299 e. The van der Waals surface area contributed by atoms with Gasteiger partial charge >= 0.3 is 0 Å². The Balaban J connectivity index is 2.21. The van der Waals surface area contributed by atoms with Gasteiger partial charge in [-0.3, -0.25) is 4.79 Å². The Hall–Kier alpha value is -1.25. The monoisotopic (exact) mass is 210 g/mol. The Morgan fingerprint density at radius 3 is 2.20 bits per heavy atom. The molecule has 0 saturated heterocycles. The molecule has 1 aromatic carbocycles. The van der Waals surface area contributed by atoms with Crippen molar-refractivity contribution in [3.8, 4) is 0 Å². The lowest BCUT2D eigenvalue weighted by Gasteiger charge is -2.11. The standard InChI is InChI=1S/C12H12F2O/c1-8(15)12(2-3-12)7-9-4-10(13)6-11(14)5-9/h4-6H,2-3,7H2,1H3. The molecule has 1 saturated carbocycles. The van der Waals surface area contributed by atoms with E-state index in [1.807, 2.05) is 0 Å². The number of benzene rings is 1. The third-order valence-corrected chi connectivity index (χ3v) is 3.07. The van der Waals surface area contributed by atoms with Crippen molar-refractivity contribution in [2.24, 2.45) is 5.41 Å². The molecule has 0 heterocycles. The molecule has 1 aromatic rings. The second-order valence-electron chi connectivity index (χ2n) is 4.29. The van der Waals surface area contributed by atoms with Crippen LogP contribution in [0.1, 0.15) is 25.3 Å². The van der Waals surface area contributed by atoms with Crippen molar-refractivity contribution < 1.29 is 13.6 Å². The minimum atomic E-state index is -0.579. The molecule has 1 nitrogen and oxygen atoms in total. The molecule has 0 radical (unpaired) electrons. The first-order valence-electron chi connectivity index (χ1n) is 4.98. The highest BCUT2D eigenvalue weighted by atomic mass is 19.1. The lowest BCUT2D eigenvalue weighted by Crippen LogP contribution is -2.15. The Bertz CT molecular complexity index is 388. The van der Waals surface area contributed by atoms with E-state index in [-0.39, 0.29) is 11.2 Å². The molecule has 2 rings (SSSR count). The zero-order valence-corrected chi connectivity index (χ0v) is 8.52. The van der Waals surface area contributed by atoms with Gasteiger partial charge in [-0.25, -0.2) is 8.78 Å². The summed E-state index contributed by atoms with van der Waals surface area (Å²) in [5.41, 5.74) is 0.237. The maximum atomic E-state index is 12.9. The van der Waals surface area contributed by atoms with Crippen LogP contribution >= 0.6 is 0 Å². The molecule has 0 bridgehead atoms. The van der Waals surface area contributed by atoms with Crippen molar-refractivity contribution >= 4 is 5.78 Å². The van der Waals surface area contributed by atoms with Crippen LogP contribution in [0.15, 0.2) is 18.2 Å². The normalized spacial score (nSPS) is 17.5. The molecule has 1 aliphatic rings. The van der Waals surface area contributed by atoms with Gasteiger partial charge in [0.25, 0.3) is 0 Å². The topological polar surface area (TPSA) is 17.1 Å². The number of hydrogen-bond acceptors (Lipinski definition) is 1. The van der Waals surface area contributed by atoms with Crippen molar-refractivity contribution in [1.82, 2.24) is 0 Å². The van der Waals surface area contributed by atoms with E-state index in [9.17, 15) is 13.6 Å². The second-order valence-corrected chi connectivity index (χ2v) is 4.29. The van der Waals surface area contributed by atoms with Crippen LogP contribution in [0.3, 0.4) is 0 Å². The van der Waals surface area contributed by atoms with E-state index >= 15 is 0 Å². The summed E-state index contributed by atoms with van der Waals surface area (Å²) in [6.07, 6.45) is 2.12. The molecule has 3 heteroatoms. The van der Waals surface area contributed by atoms with Gasteiger partial charge in [0, 0.05) is 11.5 Å². The molecule has 0 spiro atoms. The molecule has 15 heavy (non-hydrogen) atoms. The molecule has 80 valence electrons. The Morgan fingerprint density at radius 1 is 1.27 bits per heavy atom. The van der Waals surface area contributed by atoms with E-state index in [1.54, 1.807) is 6.92 Å². The van der Waals surface area contributed by atoms with Crippen molar-refractivity contribution in [3.63, 3.8) is 0 Å². The Labute approximate surface area is 87.1 Å². The van der Waals surface area contributed by atoms with Gasteiger partial charge in [-0.05, 0) is 43.9 Å². The van der Waals surface area contributed by atoms with Crippen LogP contribution in [0.5, 0.6) is 0 Å². The zero-order chi connectivity index (χ0) is 11.1. The first-order valence-corrected chi connectivity index (χ1v) is 4.98. The fraction of sp³-hybridized carbons (Fsp3) is 0.417. The number of hydrogen-bond donors (Lipinski definition) is 0. The Morgan fingerprint density at radius 2 is 1.80 bits per heavy atom. The van der Waals surface area contributed by atoms with Gasteiger partial charge < -0.3 is 0 Å². The first kappa shape index (κ1) is 10.3. The molecule has 1 fully saturated rings. The number of ketones is 1. The van der Waals surface area contributed by atoms with E-state index in [1.165, 1.54) is 12.1 Å². The summed E-state index contributed by atoms with van der Waals surface area (Å²) in [4.78, 5) is 11.3.